The van der Waals surface area contributed by atoms with Gasteiger partial charge in [0.15, 0.2) is 11.9 Å². The third-order valence-electron chi connectivity index (χ3n) is 4.43. The van der Waals surface area contributed by atoms with Crippen molar-refractivity contribution in [3.8, 4) is 5.75 Å². The first kappa shape index (κ1) is 17.7. The fraction of sp³-hybridized carbons (Fsp3) is 0.182. The lowest BCUT2D eigenvalue weighted by Gasteiger charge is -2.11. The second kappa shape index (κ2) is 8.30. The summed E-state index contributed by atoms with van der Waals surface area (Å²) in [5.41, 5.74) is 3.84. The van der Waals surface area contributed by atoms with Crippen LogP contribution in [0.2, 0.25) is 0 Å². The van der Waals surface area contributed by atoms with Crippen LogP contribution in [0.1, 0.15) is 21.6 Å². The third-order valence-corrected chi connectivity index (χ3v) is 4.43. The van der Waals surface area contributed by atoms with E-state index in [4.69, 9.17) is 4.74 Å². The number of anilines is 1. The van der Waals surface area contributed by atoms with Gasteiger partial charge >= 0.3 is 0 Å². The number of hydrogen-bond acceptors (Lipinski definition) is 2. The monoisotopic (exact) mass is 347 g/mol. The summed E-state index contributed by atoms with van der Waals surface area (Å²) in [7, 11) is 3.66. The van der Waals surface area contributed by atoms with Crippen LogP contribution >= 0.6 is 0 Å². The van der Waals surface area contributed by atoms with Gasteiger partial charge in [-0.2, -0.15) is 0 Å². The maximum Gasteiger partial charge on any atom is 0.255 e. The molecule has 0 fully saturated rings. The number of carbonyl (C=O) groups is 1. The molecule has 1 heterocycles. The van der Waals surface area contributed by atoms with Crippen LogP contribution in [0.15, 0.2) is 72.9 Å². The molecule has 1 N–H and O–H groups in total. The first-order valence-corrected chi connectivity index (χ1v) is 8.64. The smallest absolute Gasteiger partial charge is 0.255 e. The third kappa shape index (κ3) is 4.28. The summed E-state index contributed by atoms with van der Waals surface area (Å²) >= 11 is 0. The lowest BCUT2D eigenvalue weighted by Crippen LogP contribution is -2.32. The van der Waals surface area contributed by atoms with E-state index in [1.54, 1.807) is 31.4 Å². The number of aryl methyl sites for hydroxylation is 3. The van der Waals surface area contributed by atoms with Crippen LogP contribution in [0.3, 0.4) is 0 Å². The number of para-hydroxylation sites is 1. The van der Waals surface area contributed by atoms with Crippen molar-refractivity contribution < 1.29 is 14.1 Å². The van der Waals surface area contributed by atoms with Crippen LogP contribution in [-0.4, -0.2) is 13.0 Å². The Hall–Kier alpha value is -3.14. The van der Waals surface area contributed by atoms with Crippen LogP contribution in [0.25, 0.3) is 0 Å². The molecule has 4 nitrogen and oxygen atoms in total. The molecule has 2 aromatic carbocycles. The van der Waals surface area contributed by atoms with Crippen LogP contribution in [0.4, 0.5) is 5.69 Å². The minimum atomic E-state index is -0.120. The molecule has 0 unspecified atom stereocenters. The van der Waals surface area contributed by atoms with E-state index in [2.05, 4.69) is 22.0 Å². The molecule has 0 aliphatic carbocycles. The van der Waals surface area contributed by atoms with Gasteiger partial charge in [-0.3, -0.25) is 4.79 Å². The SMILES string of the molecule is COc1ccc(C(=O)Nc2ccccc2CCc2cccc[n+]2C)cc1. The molecule has 0 atom stereocenters. The highest BCUT2D eigenvalue weighted by Crippen LogP contribution is 2.19. The number of benzene rings is 2. The molecular weight excluding hydrogens is 324 g/mol. The Labute approximate surface area is 154 Å². The average molecular weight is 347 g/mol. The largest absolute Gasteiger partial charge is 0.497 e. The predicted molar refractivity (Wildman–Crippen MR) is 102 cm³/mol. The van der Waals surface area contributed by atoms with Crippen molar-refractivity contribution >= 4 is 11.6 Å². The van der Waals surface area contributed by atoms with Gasteiger partial charge in [0, 0.05) is 29.8 Å². The maximum atomic E-state index is 12.5. The van der Waals surface area contributed by atoms with E-state index < -0.39 is 0 Å². The lowest BCUT2D eigenvalue weighted by molar-refractivity contribution is -0.679. The number of amides is 1. The standard InChI is InChI=1S/C22H22N2O2/c1-24-16-6-5-8-19(24)13-10-17-7-3-4-9-21(17)23-22(25)18-11-14-20(26-2)15-12-18/h3-9,11-12,14-16H,10,13H2,1-2H3/p+1. The number of aromatic nitrogens is 1. The molecule has 1 aromatic heterocycles. The zero-order valence-electron chi connectivity index (χ0n) is 15.1. The van der Waals surface area contributed by atoms with Crippen molar-refractivity contribution in [2.75, 3.05) is 12.4 Å². The predicted octanol–water partition coefficient (Wildman–Crippen LogP) is 3.56. The maximum absolute atomic E-state index is 12.5. The zero-order chi connectivity index (χ0) is 18.4. The molecule has 26 heavy (non-hydrogen) atoms. The molecule has 132 valence electrons. The first-order chi connectivity index (χ1) is 12.7. The van der Waals surface area contributed by atoms with E-state index in [9.17, 15) is 4.79 Å². The number of rotatable bonds is 6. The van der Waals surface area contributed by atoms with Crippen LogP contribution in [-0.2, 0) is 19.9 Å². The van der Waals surface area contributed by atoms with Crippen molar-refractivity contribution in [1.82, 2.24) is 0 Å². The number of nitrogens with one attached hydrogen (secondary N) is 1. The Morgan fingerprint density at radius 1 is 0.962 bits per heavy atom. The van der Waals surface area contributed by atoms with Gasteiger partial charge in [0.25, 0.3) is 5.91 Å². The Balaban J connectivity index is 1.72. The van der Waals surface area contributed by atoms with Crippen LogP contribution in [0.5, 0.6) is 5.75 Å². The van der Waals surface area contributed by atoms with Crippen molar-refractivity contribution in [2.45, 2.75) is 12.8 Å². The Kier molecular flexibility index (Phi) is 5.64. The summed E-state index contributed by atoms with van der Waals surface area (Å²) < 4.78 is 7.26. The number of nitrogens with zero attached hydrogens (tertiary/aromatic N) is 1. The highest BCUT2D eigenvalue weighted by molar-refractivity contribution is 6.04. The number of carbonyl (C=O) groups excluding carboxylic acids is 1. The Morgan fingerprint density at radius 3 is 2.42 bits per heavy atom. The lowest BCUT2D eigenvalue weighted by atomic mass is 10.0. The summed E-state index contributed by atoms with van der Waals surface area (Å²) in [5, 5.41) is 3.03. The van der Waals surface area contributed by atoms with Gasteiger partial charge in [-0.1, -0.05) is 24.3 Å². The molecule has 0 aliphatic heterocycles. The van der Waals surface area contributed by atoms with E-state index in [0.717, 1.165) is 29.8 Å². The summed E-state index contributed by atoms with van der Waals surface area (Å²) in [6.07, 6.45) is 3.82. The van der Waals surface area contributed by atoms with Crippen molar-refractivity contribution in [1.29, 1.82) is 0 Å². The van der Waals surface area contributed by atoms with Crippen molar-refractivity contribution in [3.05, 3.63) is 89.7 Å². The van der Waals surface area contributed by atoms with Gasteiger partial charge in [-0.15, -0.1) is 0 Å². The van der Waals surface area contributed by atoms with Crippen molar-refractivity contribution in [3.63, 3.8) is 0 Å². The number of methoxy groups -OCH3 is 1. The molecule has 1 amide bonds. The van der Waals surface area contributed by atoms with Gasteiger partial charge < -0.3 is 10.1 Å². The second-order valence-electron chi connectivity index (χ2n) is 6.14. The normalized spacial score (nSPS) is 10.4. The summed E-state index contributed by atoms with van der Waals surface area (Å²) in [4.78, 5) is 12.5. The minimum Gasteiger partial charge on any atom is -0.497 e. The fourth-order valence-electron chi connectivity index (χ4n) is 2.88. The molecule has 0 saturated carbocycles. The fourth-order valence-corrected chi connectivity index (χ4v) is 2.88. The first-order valence-electron chi connectivity index (χ1n) is 8.64. The topological polar surface area (TPSA) is 42.2 Å². The van der Waals surface area contributed by atoms with Crippen LogP contribution < -0.4 is 14.6 Å². The van der Waals surface area contributed by atoms with Gasteiger partial charge in [0.2, 0.25) is 0 Å². The Morgan fingerprint density at radius 2 is 1.69 bits per heavy atom. The van der Waals surface area contributed by atoms with Crippen LogP contribution in [0, 0.1) is 0 Å². The number of ether oxygens (including phenoxy) is 1. The highest BCUT2D eigenvalue weighted by atomic mass is 16.5. The van der Waals surface area contributed by atoms with Crippen molar-refractivity contribution in [2.24, 2.45) is 7.05 Å². The summed E-state index contributed by atoms with van der Waals surface area (Å²) in [5.74, 6) is 0.614. The molecule has 0 bridgehead atoms. The highest BCUT2D eigenvalue weighted by Gasteiger charge is 2.11. The number of hydrogen-bond donors (Lipinski definition) is 1. The average Bonchev–Trinajstić information content (AvgIpc) is 2.68. The molecule has 0 saturated heterocycles. The molecule has 0 spiro atoms. The van der Waals surface area contributed by atoms with E-state index in [-0.39, 0.29) is 5.91 Å². The molecule has 0 aliphatic rings. The van der Waals surface area contributed by atoms with E-state index in [0.29, 0.717) is 5.56 Å². The van der Waals surface area contributed by atoms with Gasteiger partial charge in [-0.05, 0) is 42.3 Å². The van der Waals surface area contributed by atoms with Gasteiger partial charge in [0.05, 0.1) is 7.11 Å². The summed E-state index contributed by atoms with van der Waals surface area (Å²) in [6.45, 7) is 0. The van der Waals surface area contributed by atoms with Gasteiger partial charge in [-0.25, -0.2) is 4.57 Å². The minimum absolute atomic E-state index is 0.120. The summed E-state index contributed by atoms with van der Waals surface area (Å²) in [6, 6.07) is 21.2. The zero-order valence-corrected chi connectivity index (χ0v) is 15.1. The Bertz CT molecular complexity index is 889. The molecule has 3 rings (SSSR count). The molecule has 0 radical (unpaired) electrons. The quantitative estimate of drug-likeness (QED) is 0.693. The van der Waals surface area contributed by atoms with E-state index in [1.165, 1.54) is 5.69 Å². The van der Waals surface area contributed by atoms with E-state index >= 15 is 0 Å². The number of pyridine rings is 1. The molecular formula is C22H23N2O2+. The van der Waals surface area contributed by atoms with Gasteiger partial charge in [0.1, 0.15) is 12.8 Å². The second-order valence-corrected chi connectivity index (χ2v) is 6.14. The van der Waals surface area contributed by atoms with E-state index in [1.807, 2.05) is 43.6 Å². The molecule has 4 heteroatoms. The molecule has 3 aromatic rings.